The number of rotatable bonds is 5. The fraction of sp³-hybridized carbons (Fsp3) is 0.444. The average molecular weight is 426 g/mol. The van der Waals surface area contributed by atoms with Crippen molar-refractivity contribution >= 4 is 34.8 Å². The second kappa shape index (κ2) is 8.06. The molecule has 0 N–H and O–H groups in total. The number of carbonyl (C=O) groups is 1. The lowest BCUT2D eigenvalue weighted by atomic mass is 10.0. The standard InChI is InChI=1S/C18H21Cl2N5O3/c1-18(2,24-11-13(10-21-24)25(27)28)17(26)23-8-6-22(7-9-23)12-14-15(19)4-3-5-16(14)20/h3-5,10-11H,6-9,12H2,1-2H3. The number of nitrogens with zero attached hydrogens (tertiary/aromatic N) is 5. The molecule has 1 aromatic carbocycles. The van der Waals surface area contributed by atoms with Crippen LogP contribution in [0.5, 0.6) is 0 Å². The second-order valence-electron chi connectivity index (χ2n) is 7.23. The summed E-state index contributed by atoms with van der Waals surface area (Å²) in [5.41, 5.74) is -0.264. The smallest absolute Gasteiger partial charge is 0.307 e. The van der Waals surface area contributed by atoms with Gasteiger partial charge in [0.2, 0.25) is 5.91 Å². The van der Waals surface area contributed by atoms with Crippen molar-refractivity contribution in [1.82, 2.24) is 19.6 Å². The molecule has 1 aliphatic rings. The SMILES string of the molecule is CC(C)(C(=O)N1CCN(Cc2c(Cl)cccc2Cl)CC1)n1cc([N+](=O)[O-])cn1. The van der Waals surface area contributed by atoms with Gasteiger partial charge in [0.25, 0.3) is 0 Å². The highest BCUT2D eigenvalue weighted by Gasteiger charge is 2.36. The normalized spacial score (nSPS) is 15.6. The molecule has 0 radical (unpaired) electrons. The van der Waals surface area contributed by atoms with Gasteiger partial charge in [0.1, 0.15) is 17.9 Å². The first kappa shape index (κ1) is 20.6. The average Bonchev–Trinajstić information content (AvgIpc) is 3.16. The lowest BCUT2D eigenvalue weighted by molar-refractivity contribution is -0.385. The number of halogens is 2. The van der Waals surface area contributed by atoms with E-state index in [1.807, 2.05) is 18.2 Å². The van der Waals surface area contributed by atoms with E-state index < -0.39 is 10.5 Å². The van der Waals surface area contributed by atoms with Crippen molar-refractivity contribution in [2.75, 3.05) is 26.2 Å². The number of amides is 1. The van der Waals surface area contributed by atoms with Crippen LogP contribution in [0, 0.1) is 10.1 Å². The van der Waals surface area contributed by atoms with Crippen LogP contribution in [0.15, 0.2) is 30.6 Å². The number of carbonyl (C=O) groups excluding carboxylic acids is 1. The summed E-state index contributed by atoms with van der Waals surface area (Å²) in [5.74, 6) is -0.124. The molecule has 0 aliphatic carbocycles. The van der Waals surface area contributed by atoms with Gasteiger partial charge in [-0.2, -0.15) is 5.10 Å². The molecule has 1 aliphatic heterocycles. The molecule has 3 rings (SSSR count). The van der Waals surface area contributed by atoms with E-state index in [0.717, 1.165) is 11.8 Å². The minimum atomic E-state index is -1.01. The molecule has 2 aromatic rings. The van der Waals surface area contributed by atoms with Crippen LogP contribution < -0.4 is 0 Å². The van der Waals surface area contributed by atoms with Crippen molar-refractivity contribution in [2.45, 2.75) is 25.9 Å². The van der Waals surface area contributed by atoms with Crippen LogP contribution in [0.4, 0.5) is 5.69 Å². The summed E-state index contributed by atoms with van der Waals surface area (Å²) in [4.78, 5) is 27.3. The summed E-state index contributed by atoms with van der Waals surface area (Å²) in [6.07, 6.45) is 2.44. The number of benzene rings is 1. The van der Waals surface area contributed by atoms with Crippen LogP contribution in [0.25, 0.3) is 0 Å². The number of aromatic nitrogens is 2. The Morgan fingerprint density at radius 1 is 1.21 bits per heavy atom. The Kier molecular flexibility index (Phi) is 5.92. The topological polar surface area (TPSA) is 84.5 Å². The van der Waals surface area contributed by atoms with Gasteiger partial charge < -0.3 is 4.90 Å². The quantitative estimate of drug-likeness (QED) is 0.542. The number of nitro groups is 1. The van der Waals surface area contributed by atoms with Crippen LogP contribution in [0.1, 0.15) is 19.4 Å². The maximum absolute atomic E-state index is 13.0. The van der Waals surface area contributed by atoms with E-state index in [0.29, 0.717) is 42.8 Å². The molecule has 0 bridgehead atoms. The predicted octanol–water partition coefficient (Wildman–Crippen LogP) is 3.18. The highest BCUT2D eigenvalue weighted by Crippen LogP contribution is 2.27. The van der Waals surface area contributed by atoms with E-state index in [4.69, 9.17) is 23.2 Å². The Hall–Kier alpha value is -2.16. The van der Waals surface area contributed by atoms with Gasteiger partial charge in [-0.1, -0.05) is 29.3 Å². The molecule has 150 valence electrons. The molecule has 0 spiro atoms. The Morgan fingerprint density at radius 2 is 1.82 bits per heavy atom. The van der Waals surface area contributed by atoms with Crippen molar-refractivity contribution < 1.29 is 9.72 Å². The largest absolute Gasteiger partial charge is 0.338 e. The second-order valence-corrected chi connectivity index (χ2v) is 8.04. The van der Waals surface area contributed by atoms with Gasteiger partial charge >= 0.3 is 5.69 Å². The molecule has 2 heterocycles. The van der Waals surface area contributed by atoms with E-state index in [2.05, 4.69) is 10.00 Å². The molecule has 8 nitrogen and oxygen atoms in total. The molecule has 0 atom stereocenters. The first-order chi connectivity index (χ1) is 13.2. The molecule has 0 unspecified atom stereocenters. The third kappa shape index (κ3) is 4.14. The van der Waals surface area contributed by atoms with Crippen LogP contribution in [0.2, 0.25) is 10.0 Å². The number of piperazine rings is 1. The van der Waals surface area contributed by atoms with Gasteiger partial charge in [0, 0.05) is 48.3 Å². The van der Waals surface area contributed by atoms with E-state index in [1.54, 1.807) is 18.7 Å². The van der Waals surface area contributed by atoms with Gasteiger partial charge in [-0.25, -0.2) is 0 Å². The van der Waals surface area contributed by atoms with Crippen LogP contribution in [0.3, 0.4) is 0 Å². The fourth-order valence-corrected chi connectivity index (χ4v) is 3.73. The summed E-state index contributed by atoms with van der Waals surface area (Å²) < 4.78 is 1.35. The molecule has 0 saturated carbocycles. The molecule has 1 aromatic heterocycles. The number of hydrogen-bond acceptors (Lipinski definition) is 5. The van der Waals surface area contributed by atoms with E-state index in [1.165, 1.54) is 10.9 Å². The fourth-order valence-electron chi connectivity index (χ4n) is 3.21. The van der Waals surface area contributed by atoms with Crippen LogP contribution >= 0.6 is 23.2 Å². The molecule has 1 amide bonds. The minimum Gasteiger partial charge on any atom is -0.338 e. The molecular formula is C18H21Cl2N5O3. The predicted molar refractivity (Wildman–Crippen MR) is 107 cm³/mol. The lowest BCUT2D eigenvalue weighted by Crippen LogP contribution is -2.54. The third-order valence-corrected chi connectivity index (χ3v) is 5.69. The molecule has 10 heteroatoms. The van der Waals surface area contributed by atoms with Gasteiger partial charge in [-0.3, -0.25) is 24.5 Å². The van der Waals surface area contributed by atoms with Crippen molar-refractivity contribution in [3.63, 3.8) is 0 Å². The summed E-state index contributed by atoms with van der Waals surface area (Å²) in [6, 6.07) is 5.44. The van der Waals surface area contributed by atoms with Crippen LogP contribution in [-0.2, 0) is 16.9 Å². The molecular weight excluding hydrogens is 405 g/mol. The monoisotopic (exact) mass is 425 g/mol. The lowest BCUT2D eigenvalue weighted by Gasteiger charge is -2.38. The zero-order chi connectivity index (χ0) is 20.5. The first-order valence-electron chi connectivity index (χ1n) is 8.84. The Labute approximate surface area is 172 Å². The van der Waals surface area contributed by atoms with Crippen LogP contribution in [-0.4, -0.2) is 56.6 Å². The Morgan fingerprint density at radius 3 is 2.36 bits per heavy atom. The van der Waals surface area contributed by atoms with E-state index in [-0.39, 0.29) is 11.6 Å². The highest BCUT2D eigenvalue weighted by atomic mass is 35.5. The van der Waals surface area contributed by atoms with Gasteiger partial charge in [-0.05, 0) is 26.0 Å². The Balaban J connectivity index is 1.63. The van der Waals surface area contributed by atoms with Crippen molar-refractivity contribution in [3.8, 4) is 0 Å². The van der Waals surface area contributed by atoms with Gasteiger partial charge in [0.05, 0.1) is 4.92 Å². The van der Waals surface area contributed by atoms with Gasteiger partial charge in [-0.15, -0.1) is 0 Å². The molecule has 28 heavy (non-hydrogen) atoms. The maximum Gasteiger partial charge on any atom is 0.307 e. The van der Waals surface area contributed by atoms with Gasteiger partial charge in [0.15, 0.2) is 0 Å². The summed E-state index contributed by atoms with van der Waals surface area (Å²) in [6.45, 7) is 6.51. The summed E-state index contributed by atoms with van der Waals surface area (Å²) in [7, 11) is 0. The zero-order valence-corrected chi connectivity index (χ0v) is 17.2. The van der Waals surface area contributed by atoms with E-state index in [9.17, 15) is 14.9 Å². The minimum absolute atomic E-state index is 0.124. The summed E-state index contributed by atoms with van der Waals surface area (Å²) >= 11 is 12.5. The Bertz CT molecular complexity index is 871. The maximum atomic E-state index is 13.0. The summed E-state index contributed by atoms with van der Waals surface area (Å²) in [5, 5.41) is 16.1. The highest BCUT2D eigenvalue weighted by molar-refractivity contribution is 6.35. The molecule has 1 fully saturated rings. The van der Waals surface area contributed by atoms with E-state index >= 15 is 0 Å². The van der Waals surface area contributed by atoms with Crippen molar-refractivity contribution in [3.05, 3.63) is 56.3 Å². The third-order valence-electron chi connectivity index (χ3n) is 4.98. The first-order valence-corrected chi connectivity index (χ1v) is 9.60. The van der Waals surface area contributed by atoms with Crippen molar-refractivity contribution in [1.29, 1.82) is 0 Å². The zero-order valence-electron chi connectivity index (χ0n) is 15.6. The van der Waals surface area contributed by atoms with Crippen molar-refractivity contribution in [2.24, 2.45) is 0 Å². The molecule has 1 saturated heterocycles. The number of hydrogen-bond donors (Lipinski definition) is 0.